The highest BCUT2D eigenvalue weighted by molar-refractivity contribution is 4.52. The van der Waals surface area contributed by atoms with Crippen LogP contribution in [0.25, 0.3) is 0 Å². The predicted octanol–water partition coefficient (Wildman–Crippen LogP) is 0.299. The van der Waals surface area contributed by atoms with E-state index in [1.54, 1.807) is 0 Å². The summed E-state index contributed by atoms with van der Waals surface area (Å²) in [5.41, 5.74) is 0. The van der Waals surface area contributed by atoms with Gasteiger partial charge in [-0.3, -0.25) is 0 Å². The lowest BCUT2D eigenvalue weighted by Crippen LogP contribution is -2.23. The highest BCUT2D eigenvalue weighted by atomic mass is 15.1. The van der Waals surface area contributed by atoms with E-state index in [1.807, 2.05) is 0 Å². The third kappa shape index (κ3) is 9.88. The Kier molecular flexibility index (Phi) is 8.88. The van der Waals surface area contributed by atoms with Gasteiger partial charge in [0.15, 0.2) is 0 Å². The van der Waals surface area contributed by atoms with Crippen LogP contribution >= 0.6 is 0 Å². The molecule has 0 rings (SSSR count). The fourth-order valence-electron chi connectivity index (χ4n) is 0.984. The Labute approximate surface area is 76.5 Å². The van der Waals surface area contributed by atoms with Crippen LogP contribution in [0, 0.1) is 7.05 Å². The molecular formula is C9H22N3. The zero-order valence-electron chi connectivity index (χ0n) is 8.40. The number of hydrogen-bond acceptors (Lipinski definition) is 3. The van der Waals surface area contributed by atoms with Gasteiger partial charge in [-0.15, -0.1) is 0 Å². The lowest BCUT2D eigenvalue weighted by molar-refractivity contribution is 0.394. The third-order valence-corrected chi connectivity index (χ3v) is 1.67. The van der Waals surface area contributed by atoms with Gasteiger partial charge in [0.25, 0.3) is 0 Å². The fraction of sp³-hybridized carbons (Fsp3) is 0.889. The van der Waals surface area contributed by atoms with E-state index in [2.05, 4.69) is 36.7 Å². The van der Waals surface area contributed by atoms with Crippen LogP contribution in [-0.2, 0) is 0 Å². The summed E-state index contributed by atoms with van der Waals surface area (Å²) in [5.74, 6) is 0. The second-order valence-corrected chi connectivity index (χ2v) is 3.26. The zero-order chi connectivity index (χ0) is 9.23. The van der Waals surface area contributed by atoms with Crippen molar-refractivity contribution in [1.82, 2.24) is 15.5 Å². The van der Waals surface area contributed by atoms with E-state index in [4.69, 9.17) is 0 Å². The molecule has 0 aliphatic carbocycles. The minimum Gasteiger partial charge on any atom is -0.317 e. The first-order valence-electron chi connectivity index (χ1n) is 4.62. The molecule has 0 aliphatic rings. The van der Waals surface area contributed by atoms with Crippen LogP contribution in [0.1, 0.15) is 12.8 Å². The van der Waals surface area contributed by atoms with Gasteiger partial charge in [-0.1, -0.05) is 0 Å². The first kappa shape index (κ1) is 11.9. The molecule has 0 heterocycles. The first-order chi connectivity index (χ1) is 5.77. The molecule has 0 bridgehead atoms. The van der Waals surface area contributed by atoms with Crippen LogP contribution in [0.2, 0.25) is 0 Å². The fourth-order valence-corrected chi connectivity index (χ4v) is 0.984. The molecule has 0 aromatic heterocycles. The van der Waals surface area contributed by atoms with Crippen molar-refractivity contribution in [3.05, 3.63) is 7.05 Å². The summed E-state index contributed by atoms with van der Waals surface area (Å²) in [5, 5.41) is 6.26. The Morgan fingerprint density at radius 3 is 2.33 bits per heavy atom. The number of nitrogens with one attached hydrogen (secondary N) is 2. The maximum absolute atomic E-state index is 3.56. The molecule has 3 heteroatoms. The van der Waals surface area contributed by atoms with E-state index in [9.17, 15) is 0 Å². The van der Waals surface area contributed by atoms with E-state index in [0.717, 1.165) is 26.1 Å². The van der Waals surface area contributed by atoms with Crippen LogP contribution in [0.4, 0.5) is 0 Å². The van der Waals surface area contributed by atoms with E-state index in [0.29, 0.717) is 0 Å². The highest BCUT2D eigenvalue weighted by Crippen LogP contribution is 1.81. The smallest absolute Gasteiger partial charge is 0.00767 e. The van der Waals surface area contributed by atoms with Gasteiger partial charge in [0.2, 0.25) is 0 Å². The predicted molar refractivity (Wildman–Crippen MR) is 54.0 cm³/mol. The van der Waals surface area contributed by atoms with Gasteiger partial charge in [-0.2, -0.15) is 0 Å². The SMILES string of the molecule is [CH2]NCCCNCCCN(C)C. The van der Waals surface area contributed by atoms with Crippen molar-refractivity contribution >= 4 is 0 Å². The number of nitrogens with zero attached hydrogens (tertiary/aromatic N) is 1. The molecule has 0 aromatic carbocycles. The normalized spacial score (nSPS) is 11.0. The van der Waals surface area contributed by atoms with Crippen molar-refractivity contribution in [3.8, 4) is 0 Å². The maximum atomic E-state index is 3.56. The van der Waals surface area contributed by atoms with Crippen molar-refractivity contribution in [3.63, 3.8) is 0 Å². The monoisotopic (exact) mass is 172 g/mol. The van der Waals surface area contributed by atoms with Crippen LogP contribution in [-0.4, -0.2) is 45.2 Å². The molecule has 0 aromatic rings. The molecule has 2 N–H and O–H groups in total. The molecule has 0 spiro atoms. The average Bonchev–Trinajstić information content (AvgIpc) is 2.02. The van der Waals surface area contributed by atoms with Crippen molar-refractivity contribution in [2.75, 3.05) is 40.3 Å². The Hall–Kier alpha value is -0.120. The van der Waals surface area contributed by atoms with Crippen LogP contribution in [0.3, 0.4) is 0 Å². The summed E-state index contributed by atoms with van der Waals surface area (Å²) < 4.78 is 0. The first-order valence-corrected chi connectivity index (χ1v) is 4.62. The largest absolute Gasteiger partial charge is 0.317 e. The Balaban J connectivity index is 2.82. The third-order valence-electron chi connectivity index (χ3n) is 1.67. The standard InChI is InChI=1S/C9H22N3/c1-10-6-4-7-11-8-5-9-12(2)3/h10-11H,1,4-9H2,2-3H3. The molecule has 0 amide bonds. The number of rotatable bonds is 8. The van der Waals surface area contributed by atoms with Gasteiger partial charge in [-0.25, -0.2) is 0 Å². The van der Waals surface area contributed by atoms with Gasteiger partial charge < -0.3 is 15.5 Å². The molecule has 0 aliphatic heterocycles. The van der Waals surface area contributed by atoms with Crippen molar-refractivity contribution < 1.29 is 0 Å². The van der Waals surface area contributed by atoms with E-state index >= 15 is 0 Å². The molecule has 12 heavy (non-hydrogen) atoms. The summed E-state index contributed by atoms with van der Waals surface area (Å²) in [4.78, 5) is 2.21. The Morgan fingerprint density at radius 2 is 1.75 bits per heavy atom. The highest BCUT2D eigenvalue weighted by Gasteiger charge is 1.90. The van der Waals surface area contributed by atoms with Crippen LogP contribution in [0.5, 0.6) is 0 Å². The molecule has 1 radical (unpaired) electrons. The van der Waals surface area contributed by atoms with Gasteiger partial charge >= 0.3 is 0 Å². The molecular weight excluding hydrogens is 150 g/mol. The van der Waals surface area contributed by atoms with E-state index in [-0.39, 0.29) is 0 Å². The van der Waals surface area contributed by atoms with Gasteiger partial charge in [-0.05, 0) is 53.1 Å². The molecule has 0 saturated heterocycles. The quantitative estimate of drug-likeness (QED) is 0.516. The molecule has 0 saturated carbocycles. The molecule has 0 fully saturated rings. The van der Waals surface area contributed by atoms with Crippen molar-refractivity contribution in [2.45, 2.75) is 12.8 Å². The molecule has 3 nitrogen and oxygen atoms in total. The summed E-state index contributed by atoms with van der Waals surface area (Å²) in [7, 11) is 7.77. The van der Waals surface area contributed by atoms with Gasteiger partial charge in [0.1, 0.15) is 0 Å². The minimum absolute atomic E-state index is 1.00. The van der Waals surface area contributed by atoms with Gasteiger partial charge in [0.05, 0.1) is 0 Å². The summed E-state index contributed by atoms with van der Waals surface area (Å²) in [6, 6.07) is 0. The topological polar surface area (TPSA) is 27.3 Å². The zero-order valence-corrected chi connectivity index (χ0v) is 8.40. The number of hydrogen-bond donors (Lipinski definition) is 2. The second kappa shape index (κ2) is 8.97. The van der Waals surface area contributed by atoms with E-state index < -0.39 is 0 Å². The average molecular weight is 172 g/mol. The molecule has 0 atom stereocenters. The summed E-state index contributed by atoms with van der Waals surface area (Å²) >= 11 is 0. The van der Waals surface area contributed by atoms with Crippen LogP contribution < -0.4 is 10.6 Å². The Morgan fingerprint density at radius 1 is 1.08 bits per heavy atom. The minimum atomic E-state index is 1.00. The van der Waals surface area contributed by atoms with Crippen molar-refractivity contribution in [2.24, 2.45) is 0 Å². The molecule has 73 valence electrons. The Bertz CT molecular complexity index is 83.8. The lowest BCUT2D eigenvalue weighted by atomic mass is 10.3. The van der Waals surface area contributed by atoms with Crippen molar-refractivity contribution in [1.29, 1.82) is 0 Å². The lowest BCUT2D eigenvalue weighted by Gasteiger charge is -2.09. The molecule has 0 unspecified atom stereocenters. The summed E-state index contributed by atoms with van der Waals surface area (Å²) in [6.07, 6.45) is 2.39. The summed E-state index contributed by atoms with van der Waals surface area (Å²) in [6.45, 7) is 4.38. The second-order valence-electron chi connectivity index (χ2n) is 3.26. The van der Waals surface area contributed by atoms with Crippen LogP contribution in [0.15, 0.2) is 0 Å². The van der Waals surface area contributed by atoms with Gasteiger partial charge in [0, 0.05) is 7.05 Å². The maximum Gasteiger partial charge on any atom is 0.00767 e. The van der Waals surface area contributed by atoms with E-state index in [1.165, 1.54) is 13.0 Å².